The molecule has 0 unspecified atom stereocenters. The Morgan fingerprint density at radius 2 is 1.43 bits per heavy atom. The van der Waals surface area contributed by atoms with Crippen molar-refractivity contribution in [3.8, 4) is 0 Å². The van der Waals surface area contributed by atoms with Gasteiger partial charge in [0.05, 0.1) is 18.7 Å². The van der Waals surface area contributed by atoms with Crippen molar-refractivity contribution >= 4 is 22.7 Å². The topological polar surface area (TPSA) is 44.7 Å². The van der Waals surface area contributed by atoms with Crippen molar-refractivity contribution < 1.29 is 17.1 Å². The lowest BCUT2D eigenvalue weighted by Crippen LogP contribution is -3.00. The number of aromatic nitrogens is 2. The van der Waals surface area contributed by atoms with E-state index in [0.29, 0.717) is 0 Å². The minimum Gasteiger partial charge on any atom is -1.00 e. The fourth-order valence-corrected chi connectivity index (χ4v) is 4.15. The van der Waals surface area contributed by atoms with Crippen molar-refractivity contribution in [1.82, 2.24) is 14.9 Å². The van der Waals surface area contributed by atoms with Gasteiger partial charge in [0.25, 0.3) is 0 Å². The van der Waals surface area contributed by atoms with Crippen LogP contribution in [0.2, 0.25) is 0 Å². The summed E-state index contributed by atoms with van der Waals surface area (Å²) < 4.78 is 5.54. The summed E-state index contributed by atoms with van der Waals surface area (Å²) in [5.74, 6) is 1.89. The molecule has 3 aromatic rings. The van der Waals surface area contributed by atoms with Gasteiger partial charge in [0.1, 0.15) is 5.82 Å². The molecule has 0 amide bonds. The molecule has 5 rings (SSSR count). The van der Waals surface area contributed by atoms with Crippen molar-refractivity contribution in [3.05, 3.63) is 60.2 Å². The summed E-state index contributed by atoms with van der Waals surface area (Å²) in [6, 6.07) is 19.0. The summed E-state index contributed by atoms with van der Waals surface area (Å²) in [5.41, 5.74) is 2.39. The Morgan fingerprint density at radius 1 is 0.733 bits per heavy atom. The fraction of sp³-hybridized carbons (Fsp3) is 0.391. The fourth-order valence-electron chi connectivity index (χ4n) is 4.15. The Balaban J connectivity index is 0.00000218. The minimum absolute atomic E-state index is 0. The smallest absolute Gasteiger partial charge is 0.227 e. The average molecular weight is 425 g/mol. The molecule has 2 fully saturated rings. The third-order valence-electron chi connectivity index (χ3n) is 5.79. The van der Waals surface area contributed by atoms with Crippen molar-refractivity contribution in [2.75, 3.05) is 62.3 Å². The second-order valence-electron chi connectivity index (χ2n) is 7.71. The number of morpholine rings is 1. The maximum atomic E-state index is 5.54. The van der Waals surface area contributed by atoms with Gasteiger partial charge in [-0.3, -0.25) is 4.90 Å². The monoisotopic (exact) mass is 424 g/mol. The van der Waals surface area contributed by atoms with E-state index in [1.165, 1.54) is 5.56 Å². The molecule has 0 aliphatic carbocycles. The van der Waals surface area contributed by atoms with Gasteiger partial charge in [-0.15, -0.1) is 0 Å². The number of fused-ring (bicyclic) bond motifs is 1. The highest BCUT2D eigenvalue weighted by Crippen LogP contribution is 2.27. The third kappa shape index (κ3) is 4.51. The van der Waals surface area contributed by atoms with Crippen LogP contribution in [0.3, 0.4) is 0 Å². The van der Waals surface area contributed by atoms with Gasteiger partial charge in [0.15, 0.2) is 0 Å². The molecule has 7 heteroatoms. The maximum absolute atomic E-state index is 5.54. The van der Waals surface area contributed by atoms with Crippen LogP contribution in [0.5, 0.6) is 0 Å². The summed E-state index contributed by atoms with van der Waals surface area (Å²) >= 11 is 0. The number of rotatable bonds is 4. The highest BCUT2D eigenvalue weighted by molar-refractivity contribution is 5.90. The summed E-state index contributed by atoms with van der Waals surface area (Å²) in [5, 5.41) is 1.13. The largest absolute Gasteiger partial charge is 1.00 e. The van der Waals surface area contributed by atoms with E-state index in [2.05, 4.69) is 69.3 Å². The first-order valence-corrected chi connectivity index (χ1v) is 10.5. The molecule has 0 atom stereocenters. The lowest BCUT2D eigenvalue weighted by molar-refractivity contribution is -0.00000666. The number of ether oxygens (including phenoxy) is 1. The molecule has 3 heterocycles. The molecule has 0 bridgehead atoms. The van der Waals surface area contributed by atoms with Crippen LogP contribution < -0.4 is 22.2 Å². The molecule has 2 saturated heterocycles. The number of anilines is 2. The highest BCUT2D eigenvalue weighted by atomic mass is 35.5. The third-order valence-corrected chi connectivity index (χ3v) is 5.79. The molecule has 30 heavy (non-hydrogen) atoms. The van der Waals surface area contributed by atoms with Crippen LogP contribution in [0, 0.1) is 0 Å². The number of halogens is 1. The van der Waals surface area contributed by atoms with E-state index >= 15 is 0 Å². The second kappa shape index (κ2) is 9.60. The lowest BCUT2D eigenvalue weighted by Gasteiger charge is -2.35. The van der Waals surface area contributed by atoms with Gasteiger partial charge >= 0.3 is 0 Å². The van der Waals surface area contributed by atoms with E-state index in [-0.39, 0.29) is 12.4 Å². The van der Waals surface area contributed by atoms with Crippen LogP contribution in [-0.4, -0.2) is 67.4 Å². The summed E-state index contributed by atoms with van der Waals surface area (Å²) in [6.07, 6.45) is 0. The Morgan fingerprint density at radius 3 is 2.20 bits per heavy atom. The van der Waals surface area contributed by atoms with E-state index in [1.54, 1.807) is 0 Å². The summed E-state index contributed by atoms with van der Waals surface area (Å²) in [7, 11) is 0. The Labute approximate surface area is 183 Å². The van der Waals surface area contributed by atoms with E-state index in [4.69, 9.17) is 14.7 Å². The van der Waals surface area contributed by atoms with Crippen molar-refractivity contribution in [2.45, 2.75) is 6.54 Å². The first-order chi connectivity index (χ1) is 14.4. The van der Waals surface area contributed by atoms with E-state index < -0.39 is 0 Å². The zero-order chi connectivity index (χ0) is 19.5. The number of hydrogen-bond acceptors (Lipinski definition) is 6. The molecule has 1 aromatic heterocycles. The molecule has 2 aromatic carbocycles. The molecule has 0 radical (unpaired) electrons. The van der Waals surface area contributed by atoms with Gasteiger partial charge in [-0.1, -0.05) is 42.5 Å². The van der Waals surface area contributed by atoms with Crippen LogP contribution in [0.15, 0.2) is 54.6 Å². The normalized spacial score (nSPS) is 17.7. The Kier molecular flexibility index (Phi) is 6.67. The number of hydrogen-bond donors (Lipinski definition) is 0. The van der Waals surface area contributed by atoms with E-state index in [0.717, 1.165) is 81.7 Å². The molecule has 2 aliphatic rings. The van der Waals surface area contributed by atoms with Crippen LogP contribution in [0.4, 0.5) is 11.8 Å². The molecule has 0 N–H and O–H groups in total. The average Bonchev–Trinajstić information content (AvgIpc) is 2.80. The molecule has 158 valence electrons. The second-order valence-corrected chi connectivity index (χ2v) is 7.71. The zero-order valence-electron chi connectivity index (χ0n) is 17.1. The summed E-state index contributed by atoms with van der Waals surface area (Å²) in [4.78, 5) is 17.1. The van der Waals surface area contributed by atoms with Crippen LogP contribution >= 0.6 is 0 Å². The first-order valence-electron chi connectivity index (χ1n) is 10.5. The number of piperazine rings is 1. The quantitative estimate of drug-likeness (QED) is 0.577. The van der Waals surface area contributed by atoms with Gasteiger partial charge < -0.3 is 26.9 Å². The number of nitrogens with zero attached hydrogens (tertiary/aromatic N) is 5. The zero-order valence-corrected chi connectivity index (χ0v) is 17.8. The molecule has 0 saturated carbocycles. The Bertz CT molecular complexity index is 956. The molecular weight excluding hydrogens is 398 g/mol. The standard InChI is InChI=1S/C23H27N5O.ClH/c1-2-6-19(7-3-1)18-26-10-12-28(13-11-26)23-24-21-9-5-4-8-20(21)22(25-23)27-14-16-29-17-15-27;/h1-9H,10-18H2;1H/p-1. The van der Waals surface area contributed by atoms with Crippen molar-refractivity contribution in [3.63, 3.8) is 0 Å². The van der Waals surface area contributed by atoms with Gasteiger partial charge in [-0.2, -0.15) is 4.98 Å². The predicted molar refractivity (Wildman–Crippen MR) is 117 cm³/mol. The maximum Gasteiger partial charge on any atom is 0.227 e. The SMILES string of the molecule is [Cl-].c1ccc(CN2CCN(c3nc(N4CCOCC4)c4ccccc4n3)CC2)cc1. The van der Waals surface area contributed by atoms with Gasteiger partial charge in [0, 0.05) is 51.2 Å². The molecule has 2 aliphatic heterocycles. The molecule has 0 spiro atoms. The van der Waals surface area contributed by atoms with E-state index in [9.17, 15) is 0 Å². The number of benzene rings is 2. The first kappa shape index (κ1) is 20.8. The van der Waals surface area contributed by atoms with E-state index in [1.807, 2.05) is 0 Å². The predicted octanol–water partition coefficient (Wildman–Crippen LogP) is -0.207. The van der Waals surface area contributed by atoms with Gasteiger partial charge in [-0.25, -0.2) is 4.98 Å². The van der Waals surface area contributed by atoms with Crippen molar-refractivity contribution in [1.29, 1.82) is 0 Å². The van der Waals surface area contributed by atoms with Gasteiger partial charge in [0.2, 0.25) is 5.95 Å². The van der Waals surface area contributed by atoms with Crippen LogP contribution in [-0.2, 0) is 11.3 Å². The van der Waals surface area contributed by atoms with Crippen LogP contribution in [0.25, 0.3) is 10.9 Å². The number of para-hydroxylation sites is 1. The molecular formula is C23H27ClN5O-. The molecule has 6 nitrogen and oxygen atoms in total. The highest BCUT2D eigenvalue weighted by Gasteiger charge is 2.22. The Hall–Kier alpha value is -2.41. The van der Waals surface area contributed by atoms with Crippen LogP contribution in [0.1, 0.15) is 5.56 Å². The summed E-state index contributed by atoms with van der Waals surface area (Å²) in [6.45, 7) is 8.23. The lowest BCUT2D eigenvalue weighted by atomic mass is 10.2. The van der Waals surface area contributed by atoms with Crippen molar-refractivity contribution in [2.24, 2.45) is 0 Å². The van der Waals surface area contributed by atoms with Gasteiger partial charge in [-0.05, 0) is 17.7 Å². The minimum atomic E-state index is 0.